The SMILES string of the molecule is O=C(O)[C@@H]1C[C@H]1Cn1c(=O)nc(Nc2ccc(Oc3ncccc3C(F)F)cc2)n(Cc2ccc(Cl)cc2)c1=O. The molecule has 2 heterocycles. The van der Waals surface area contributed by atoms with E-state index in [0.717, 1.165) is 4.57 Å². The van der Waals surface area contributed by atoms with Gasteiger partial charge in [0.25, 0.3) is 6.43 Å². The summed E-state index contributed by atoms with van der Waals surface area (Å²) in [6.45, 7) is -0.00138. The zero-order chi connectivity index (χ0) is 28.4. The summed E-state index contributed by atoms with van der Waals surface area (Å²) in [5.41, 5.74) is -0.662. The molecular weight excluding hydrogens is 548 g/mol. The number of benzene rings is 2. The molecule has 10 nitrogen and oxygen atoms in total. The second kappa shape index (κ2) is 11.3. The van der Waals surface area contributed by atoms with E-state index in [-0.39, 0.29) is 42.1 Å². The number of anilines is 2. The molecule has 1 aliphatic carbocycles. The van der Waals surface area contributed by atoms with Crippen molar-refractivity contribution < 1.29 is 23.4 Å². The third-order valence-electron chi connectivity index (χ3n) is 6.42. The van der Waals surface area contributed by atoms with Crippen LogP contribution in [0.4, 0.5) is 20.4 Å². The normalized spacial score (nSPS) is 16.1. The zero-order valence-electron chi connectivity index (χ0n) is 20.7. The van der Waals surface area contributed by atoms with Gasteiger partial charge in [0.15, 0.2) is 0 Å². The summed E-state index contributed by atoms with van der Waals surface area (Å²) in [5.74, 6) is -1.91. The van der Waals surface area contributed by atoms with Crippen molar-refractivity contribution in [2.45, 2.75) is 25.9 Å². The quantitative estimate of drug-likeness (QED) is 0.281. The number of nitrogens with zero attached hydrogens (tertiary/aromatic N) is 4. The highest BCUT2D eigenvalue weighted by Crippen LogP contribution is 2.39. The monoisotopic (exact) mass is 569 g/mol. The van der Waals surface area contributed by atoms with Crippen molar-refractivity contribution in [3.8, 4) is 11.6 Å². The maximum absolute atomic E-state index is 13.4. The number of alkyl halides is 2. The molecule has 0 saturated heterocycles. The van der Waals surface area contributed by atoms with Gasteiger partial charge in [0.1, 0.15) is 5.75 Å². The van der Waals surface area contributed by atoms with Gasteiger partial charge in [-0.15, -0.1) is 0 Å². The van der Waals surface area contributed by atoms with Crippen molar-refractivity contribution in [2.75, 3.05) is 5.32 Å². The van der Waals surface area contributed by atoms with Gasteiger partial charge in [0.2, 0.25) is 11.8 Å². The molecule has 0 spiro atoms. The van der Waals surface area contributed by atoms with E-state index in [1.807, 2.05) is 0 Å². The van der Waals surface area contributed by atoms with Gasteiger partial charge in [0.05, 0.1) is 18.0 Å². The predicted octanol–water partition coefficient (Wildman–Crippen LogP) is 4.70. The fourth-order valence-electron chi connectivity index (χ4n) is 4.18. The van der Waals surface area contributed by atoms with Crippen molar-refractivity contribution in [3.63, 3.8) is 0 Å². The number of hydrogen-bond acceptors (Lipinski definition) is 7. The topological polar surface area (TPSA) is 128 Å². The van der Waals surface area contributed by atoms with Crippen LogP contribution in [0.5, 0.6) is 11.6 Å². The lowest BCUT2D eigenvalue weighted by atomic mass is 10.2. The van der Waals surface area contributed by atoms with Gasteiger partial charge in [0, 0.05) is 23.5 Å². The van der Waals surface area contributed by atoms with E-state index < -0.39 is 29.7 Å². The lowest BCUT2D eigenvalue weighted by Crippen LogP contribution is -2.43. The Labute approximate surface area is 230 Å². The Bertz CT molecular complexity index is 1660. The first-order valence-electron chi connectivity index (χ1n) is 12.2. The number of nitrogens with one attached hydrogen (secondary N) is 1. The third-order valence-corrected chi connectivity index (χ3v) is 6.67. The second-order valence-corrected chi connectivity index (χ2v) is 9.65. The van der Waals surface area contributed by atoms with Crippen molar-refractivity contribution in [3.05, 3.63) is 104 Å². The Kier molecular flexibility index (Phi) is 7.60. The van der Waals surface area contributed by atoms with E-state index in [2.05, 4.69) is 15.3 Å². The Morgan fingerprint density at radius 1 is 1.10 bits per heavy atom. The molecule has 1 saturated carbocycles. The summed E-state index contributed by atoms with van der Waals surface area (Å²) in [6.07, 6.45) is -1.04. The molecule has 40 heavy (non-hydrogen) atoms. The molecule has 2 N–H and O–H groups in total. The molecule has 4 aromatic rings. The van der Waals surface area contributed by atoms with Gasteiger partial charge < -0.3 is 15.2 Å². The van der Waals surface area contributed by atoms with Crippen LogP contribution in [0.2, 0.25) is 5.02 Å². The Morgan fingerprint density at radius 3 is 2.48 bits per heavy atom. The smallest absolute Gasteiger partial charge is 0.354 e. The van der Waals surface area contributed by atoms with Crippen LogP contribution in [0.25, 0.3) is 0 Å². The van der Waals surface area contributed by atoms with E-state index in [1.54, 1.807) is 36.4 Å². The first kappa shape index (κ1) is 27.0. The second-order valence-electron chi connectivity index (χ2n) is 9.21. The number of carboxylic acids is 1. The number of hydrogen-bond donors (Lipinski definition) is 2. The van der Waals surface area contributed by atoms with E-state index in [0.29, 0.717) is 22.7 Å². The molecule has 13 heteroatoms. The molecule has 206 valence electrons. The van der Waals surface area contributed by atoms with Crippen molar-refractivity contribution in [1.29, 1.82) is 0 Å². The minimum absolute atomic E-state index is 0.0369. The van der Waals surface area contributed by atoms with E-state index in [1.165, 1.54) is 35.0 Å². The van der Waals surface area contributed by atoms with Crippen LogP contribution in [-0.2, 0) is 17.9 Å². The molecule has 2 aromatic carbocycles. The average Bonchev–Trinajstić information content (AvgIpc) is 3.71. The minimum Gasteiger partial charge on any atom is -0.481 e. The van der Waals surface area contributed by atoms with E-state index in [4.69, 9.17) is 16.3 Å². The Morgan fingerprint density at radius 2 is 1.82 bits per heavy atom. The van der Waals surface area contributed by atoms with Crippen LogP contribution in [0.15, 0.2) is 76.4 Å². The predicted molar refractivity (Wildman–Crippen MR) is 142 cm³/mol. The molecule has 5 rings (SSSR count). The number of carboxylic acid groups (broad SMARTS) is 1. The molecule has 0 radical (unpaired) electrons. The number of pyridine rings is 1. The highest BCUT2D eigenvalue weighted by Gasteiger charge is 2.43. The minimum atomic E-state index is -2.76. The van der Waals surface area contributed by atoms with Crippen LogP contribution >= 0.6 is 11.6 Å². The van der Waals surface area contributed by atoms with Crippen LogP contribution in [-0.4, -0.2) is 30.2 Å². The summed E-state index contributed by atoms with van der Waals surface area (Å²) in [5, 5.41) is 12.7. The van der Waals surface area contributed by atoms with E-state index >= 15 is 0 Å². The Hall–Kier alpha value is -4.58. The van der Waals surface area contributed by atoms with E-state index in [9.17, 15) is 28.3 Å². The number of rotatable bonds is 10. The fraction of sp³-hybridized carbons (Fsp3) is 0.222. The molecule has 1 aliphatic rings. The third kappa shape index (κ3) is 6.01. The van der Waals surface area contributed by atoms with Crippen LogP contribution in [0.1, 0.15) is 24.0 Å². The number of aliphatic carboxylic acids is 1. The molecule has 0 aliphatic heterocycles. The molecule has 0 bridgehead atoms. The molecule has 0 amide bonds. The summed E-state index contributed by atoms with van der Waals surface area (Å²) in [6, 6.07) is 15.5. The maximum Gasteiger partial charge on any atom is 0.354 e. The maximum atomic E-state index is 13.4. The standard InChI is InChI=1S/C27H22ClF2N5O5/c28-17-5-3-15(4-6-17)13-34-25(33-26(38)35(27(34)39)14-16-12-21(16)24(36)37)32-18-7-9-19(10-8-18)40-23-20(22(29)30)2-1-11-31-23/h1-11,16,21-22H,12-14H2,(H,36,37)(H,32,33,38)/t16-,21+/m0/s1. The van der Waals surface area contributed by atoms with Crippen LogP contribution < -0.4 is 21.4 Å². The largest absolute Gasteiger partial charge is 0.481 e. The molecule has 0 unspecified atom stereocenters. The fourth-order valence-corrected chi connectivity index (χ4v) is 4.31. The highest BCUT2D eigenvalue weighted by atomic mass is 35.5. The lowest BCUT2D eigenvalue weighted by Gasteiger charge is -2.16. The molecule has 2 atom stereocenters. The Balaban J connectivity index is 1.43. The lowest BCUT2D eigenvalue weighted by molar-refractivity contribution is -0.138. The number of carbonyl (C=O) groups is 1. The van der Waals surface area contributed by atoms with Crippen molar-refractivity contribution >= 4 is 29.2 Å². The first-order valence-corrected chi connectivity index (χ1v) is 12.5. The summed E-state index contributed by atoms with van der Waals surface area (Å²) >= 11 is 5.98. The van der Waals surface area contributed by atoms with Gasteiger partial charge in [-0.1, -0.05) is 23.7 Å². The highest BCUT2D eigenvalue weighted by molar-refractivity contribution is 6.30. The van der Waals surface area contributed by atoms with Crippen molar-refractivity contribution in [2.24, 2.45) is 11.8 Å². The molecule has 2 aromatic heterocycles. The summed E-state index contributed by atoms with van der Waals surface area (Å²) in [4.78, 5) is 45.5. The summed E-state index contributed by atoms with van der Waals surface area (Å²) < 4.78 is 34.2. The zero-order valence-corrected chi connectivity index (χ0v) is 21.5. The van der Waals surface area contributed by atoms with Crippen LogP contribution in [0, 0.1) is 11.8 Å². The number of halogens is 3. The van der Waals surface area contributed by atoms with Gasteiger partial charge in [-0.05, 0) is 66.4 Å². The van der Waals surface area contributed by atoms with Gasteiger partial charge >= 0.3 is 17.3 Å². The van der Waals surface area contributed by atoms with Gasteiger partial charge in [-0.25, -0.2) is 27.9 Å². The average molecular weight is 570 g/mol. The summed E-state index contributed by atoms with van der Waals surface area (Å²) in [7, 11) is 0. The number of aromatic nitrogens is 4. The van der Waals surface area contributed by atoms with Crippen molar-refractivity contribution in [1.82, 2.24) is 19.1 Å². The number of ether oxygens (including phenoxy) is 1. The molecule has 1 fully saturated rings. The van der Waals surface area contributed by atoms with Gasteiger partial charge in [-0.2, -0.15) is 4.98 Å². The molecular formula is C27H22ClF2N5O5. The first-order chi connectivity index (χ1) is 19.2. The van der Waals surface area contributed by atoms with Crippen LogP contribution in [0.3, 0.4) is 0 Å². The van der Waals surface area contributed by atoms with Gasteiger partial charge in [-0.3, -0.25) is 9.36 Å².